The fourth-order valence-corrected chi connectivity index (χ4v) is 4.60. The van der Waals surface area contributed by atoms with Crippen molar-refractivity contribution in [3.05, 3.63) is 54.2 Å². The number of carbonyl (C=O) groups excluding carboxylic acids is 1. The minimum atomic E-state index is -0.191. The van der Waals surface area contributed by atoms with E-state index in [4.69, 9.17) is 0 Å². The summed E-state index contributed by atoms with van der Waals surface area (Å²) in [4.78, 5) is 12.9. The van der Waals surface area contributed by atoms with Crippen molar-refractivity contribution in [1.82, 2.24) is 0 Å². The van der Waals surface area contributed by atoms with E-state index in [1.165, 1.54) is 10.8 Å². The van der Waals surface area contributed by atoms with Gasteiger partial charge < -0.3 is 5.32 Å². The first-order valence-electron chi connectivity index (χ1n) is 8.44. The average Bonchev–Trinajstić information content (AvgIpc) is 2.86. The molecule has 0 saturated heterocycles. The number of rotatable bonds is 2. The van der Waals surface area contributed by atoms with E-state index in [2.05, 4.69) is 56.4 Å². The van der Waals surface area contributed by atoms with Crippen LogP contribution in [0.3, 0.4) is 0 Å². The summed E-state index contributed by atoms with van der Waals surface area (Å²) in [6.45, 7) is 6.65. The van der Waals surface area contributed by atoms with Crippen molar-refractivity contribution < 1.29 is 4.79 Å². The van der Waals surface area contributed by atoms with Gasteiger partial charge in [-0.2, -0.15) is 0 Å². The van der Waals surface area contributed by atoms with E-state index in [-0.39, 0.29) is 10.8 Å². The first-order chi connectivity index (χ1) is 10.9. The Hall–Kier alpha value is -2.09. The number of hydrogen-bond acceptors (Lipinski definition) is 2. The molecule has 0 radical (unpaired) electrons. The highest BCUT2D eigenvalue weighted by molar-refractivity contribution is 6.05. The normalized spacial score (nSPS) is 30.3. The number of fused-ring (bicyclic) bond motifs is 3. The molecule has 1 N–H and O–H groups in total. The molecule has 2 aromatic rings. The molecule has 2 saturated carbocycles. The van der Waals surface area contributed by atoms with Crippen molar-refractivity contribution in [3.63, 3.8) is 0 Å². The Morgan fingerprint density at radius 3 is 2.57 bits per heavy atom. The predicted octanol–water partition coefficient (Wildman–Crippen LogP) is 5.16. The molecule has 2 fully saturated rings. The van der Waals surface area contributed by atoms with Gasteiger partial charge >= 0.3 is 0 Å². The van der Waals surface area contributed by atoms with E-state index in [1.54, 1.807) is 0 Å². The summed E-state index contributed by atoms with van der Waals surface area (Å²) in [7, 11) is 0. The summed E-state index contributed by atoms with van der Waals surface area (Å²) >= 11 is 0. The summed E-state index contributed by atoms with van der Waals surface area (Å²) in [6, 6.07) is 14.6. The Kier molecular flexibility index (Phi) is 2.96. The van der Waals surface area contributed by atoms with Gasteiger partial charge in [-0.25, -0.2) is 0 Å². The zero-order valence-electron chi connectivity index (χ0n) is 14.0. The molecule has 2 atom stereocenters. The van der Waals surface area contributed by atoms with E-state index in [1.807, 2.05) is 18.3 Å². The molecule has 2 aliphatic carbocycles. The van der Waals surface area contributed by atoms with Gasteiger partial charge in [0.15, 0.2) is 5.78 Å². The third kappa shape index (κ3) is 1.84. The maximum atomic E-state index is 12.9. The Labute approximate surface area is 137 Å². The maximum absolute atomic E-state index is 12.9. The van der Waals surface area contributed by atoms with E-state index >= 15 is 0 Å². The summed E-state index contributed by atoms with van der Waals surface area (Å²) < 4.78 is 0. The number of allylic oxidation sites excluding steroid dienone is 1. The highest BCUT2D eigenvalue weighted by atomic mass is 16.1. The molecular weight excluding hydrogens is 282 g/mol. The van der Waals surface area contributed by atoms with Crippen LogP contribution in [0, 0.1) is 16.7 Å². The molecule has 0 aliphatic heterocycles. The Balaban J connectivity index is 1.71. The van der Waals surface area contributed by atoms with Gasteiger partial charge in [-0.3, -0.25) is 4.79 Å². The molecule has 2 heteroatoms. The molecule has 0 heterocycles. The first kappa shape index (κ1) is 14.5. The van der Waals surface area contributed by atoms with Crippen LogP contribution >= 0.6 is 0 Å². The van der Waals surface area contributed by atoms with Gasteiger partial charge in [0.2, 0.25) is 0 Å². The number of hydrogen-bond donors (Lipinski definition) is 1. The number of Topliss-reactive ketones (excluding diaryl/α,β-unsaturated/α-hetero) is 1. The van der Waals surface area contributed by atoms with Crippen LogP contribution in [-0.4, -0.2) is 5.78 Å². The van der Waals surface area contributed by atoms with Crippen LogP contribution in [0.4, 0.5) is 5.69 Å². The lowest BCUT2D eigenvalue weighted by Gasteiger charge is -2.31. The van der Waals surface area contributed by atoms with Crippen LogP contribution in [0.15, 0.2) is 54.2 Å². The molecule has 2 nitrogen and oxygen atoms in total. The molecule has 2 aliphatic rings. The molecule has 0 aromatic heterocycles. The number of ketones is 1. The Morgan fingerprint density at radius 2 is 1.83 bits per heavy atom. The number of benzene rings is 2. The largest absolute Gasteiger partial charge is 0.361 e. The Morgan fingerprint density at radius 1 is 1.09 bits per heavy atom. The van der Waals surface area contributed by atoms with E-state index in [0.717, 1.165) is 24.1 Å². The van der Waals surface area contributed by atoms with Gasteiger partial charge in [-0.05, 0) is 35.6 Å². The zero-order chi connectivity index (χ0) is 16.2. The summed E-state index contributed by atoms with van der Waals surface area (Å²) in [5.41, 5.74) is 1.92. The zero-order valence-corrected chi connectivity index (χ0v) is 14.0. The lowest BCUT2D eigenvalue weighted by Crippen LogP contribution is -2.32. The Bertz CT molecular complexity index is 827. The van der Waals surface area contributed by atoms with Gasteiger partial charge in [0.25, 0.3) is 0 Å². The second-order valence-electron chi connectivity index (χ2n) is 7.74. The fourth-order valence-electron chi connectivity index (χ4n) is 4.60. The van der Waals surface area contributed by atoms with Crippen molar-refractivity contribution in [1.29, 1.82) is 0 Å². The van der Waals surface area contributed by atoms with Crippen molar-refractivity contribution in [2.75, 3.05) is 5.32 Å². The number of carbonyl (C=O) groups is 1. The standard InChI is InChI=1S/C21H23NO/c1-20(2)17-11-12-21(20,3)19(23)16(17)13-22-18-10-6-8-14-7-4-5-9-15(14)18/h4-10,13,17,22H,11-12H2,1-3H3/b16-13-/t17-,21+/m0/s1. The van der Waals surface area contributed by atoms with Crippen LogP contribution in [0.2, 0.25) is 0 Å². The van der Waals surface area contributed by atoms with Gasteiger partial charge in [0, 0.05) is 28.3 Å². The highest BCUT2D eigenvalue weighted by Gasteiger charge is 2.63. The molecule has 118 valence electrons. The van der Waals surface area contributed by atoms with Gasteiger partial charge in [-0.15, -0.1) is 0 Å². The fraction of sp³-hybridized carbons (Fsp3) is 0.381. The van der Waals surface area contributed by atoms with Crippen LogP contribution in [0.5, 0.6) is 0 Å². The van der Waals surface area contributed by atoms with E-state index < -0.39 is 0 Å². The topological polar surface area (TPSA) is 29.1 Å². The third-order valence-electron chi connectivity index (χ3n) is 6.54. The second kappa shape index (κ2) is 4.70. The second-order valence-corrected chi connectivity index (χ2v) is 7.74. The van der Waals surface area contributed by atoms with Crippen molar-refractivity contribution in [2.45, 2.75) is 33.6 Å². The van der Waals surface area contributed by atoms with Crippen molar-refractivity contribution >= 4 is 22.2 Å². The molecule has 2 aromatic carbocycles. The maximum Gasteiger partial charge on any atom is 0.167 e. The quantitative estimate of drug-likeness (QED) is 0.776. The summed E-state index contributed by atoms with van der Waals surface area (Å²) in [5, 5.41) is 5.82. The lowest BCUT2D eigenvalue weighted by atomic mass is 9.70. The predicted molar refractivity (Wildman–Crippen MR) is 95.3 cm³/mol. The molecule has 2 bridgehead atoms. The molecule has 0 amide bonds. The average molecular weight is 305 g/mol. The summed E-state index contributed by atoms with van der Waals surface area (Å²) in [5.74, 6) is 0.717. The minimum absolute atomic E-state index is 0.0658. The monoisotopic (exact) mass is 305 g/mol. The van der Waals surface area contributed by atoms with Crippen LogP contribution in [0.1, 0.15) is 33.6 Å². The molecule has 0 spiro atoms. The minimum Gasteiger partial charge on any atom is -0.361 e. The molecule has 0 unspecified atom stereocenters. The number of nitrogens with one attached hydrogen (secondary N) is 1. The molecule has 23 heavy (non-hydrogen) atoms. The third-order valence-corrected chi connectivity index (χ3v) is 6.54. The van der Waals surface area contributed by atoms with Crippen LogP contribution in [0.25, 0.3) is 10.8 Å². The van der Waals surface area contributed by atoms with Gasteiger partial charge in [0.05, 0.1) is 0 Å². The highest BCUT2D eigenvalue weighted by Crippen LogP contribution is 2.65. The number of anilines is 1. The molecular formula is C21H23NO. The van der Waals surface area contributed by atoms with Crippen molar-refractivity contribution in [3.8, 4) is 0 Å². The summed E-state index contributed by atoms with van der Waals surface area (Å²) in [6.07, 6.45) is 4.12. The lowest BCUT2D eigenvalue weighted by molar-refractivity contribution is -0.125. The SMILES string of the molecule is CC1(C)[C@H]2CC[C@]1(C)C(=O)/C2=C\Nc1cccc2ccccc12. The van der Waals surface area contributed by atoms with Crippen LogP contribution < -0.4 is 5.32 Å². The van der Waals surface area contributed by atoms with E-state index in [0.29, 0.717) is 11.7 Å². The first-order valence-corrected chi connectivity index (χ1v) is 8.44. The van der Waals surface area contributed by atoms with E-state index in [9.17, 15) is 4.79 Å². The molecule has 4 rings (SSSR count). The van der Waals surface area contributed by atoms with Gasteiger partial charge in [0.1, 0.15) is 0 Å². The smallest absolute Gasteiger partial charge is 0.167 e. The van der Waals surface area contributed by atoms with Crippen molar-refractivity contribution in [2.24, 2.45) is 16.7 Å². The van der Waals surface area contributed by atoms with Crippen LogP contribution in [-0.2, 0) is 4.79 Å². The van der Waals surface area contributed by atoms with Gasteiger partial charge in [-0.1, -0.05) is 57.2 Å².